The molecule has 1 aromatic heterocycles. The molecule has 1 aliphatic heterocycles. The lowest BCUT2D eigenvalue weighted by Crippen LogP contribution is -2.49. The highest BCUT2D eigenvalue weighted by Crippen LogP contribution is 2.28. The van der Waals surface area contributed by atoms with Crippen molar-refractivity contribution >= 4 is 17.5 Å². The Labute approximate surface area is 158 Å². The average Bonchev–Trinajstić information content (AvgIpc) is 3.42. The summed E-state index contributed by atoms with van der Waals surface area (Å²) in [6, 6.07) is 8.24. The molecule has 0 atom stereocenters. The van der Waals surface area contributed by atoms with Crippen molar-refractivity contribution in [2.75, 3.05) is 26.2 Å². The molecule has 2 fully saturated rings. The number of benzene rings is 1. The highest BCUT2D eigenvalue weighted by molar-refractivity contribution is 6.30. The van der Waals surface area contributed by atoms with Crippen LogP contribution in [0.25, 0.3) is 5.69 Å². The van der Waals surface area contributed by atoms with Crippen LogP contribution in [0.4, 0.5) is 0 Å². The Morgan fingerprint density at radius 3 is 2.65 bits per heavy atom. The molecule has 1 aliphatic carbocycles. The van der Waals surface area contributed by atoms with Crippen LogP contribution in [0.1, 0.15) is 42.4 Å². The Bertz CT molecular complexity index is 793. The van der Waals surface area contributed by atoms with Crippen molar-refractivity contribution in [3.05, 3.63) is 40.7 Å². The molecule has 7 heteroatoms. The fourth-order valence-corrected chi connectivity index (χ4v) is 3.81. The zero-order valence-corrected chi connectivity index (χ0v) is 15.8. The standard InChI is InChI=1S/C19H24ClN5O/c1-2-4-17-18(21-22-25(17)16-6-3-5-14(20)13-16)19(26)24-11-9-23(10-12-24)15-7-8-15/h3,5-6,13,15H,2,4,7-12H2,1H3. The van der Waals surface area contributed by atoms with E-state index in [0.717, 1.165) is 56.4 Å². The van der Waals surface area contributed by atoms with E-state index < -0.39 is 0 Å². The molecule has 2 aliphatic rings. The number of nitrogens with zero attached hydrogens (tertiary/aromatic N) is 5. The third-order valence-electron chi connectivity index (χ3n) is 5.17. The van der Waals surface area contributed by atoms with Crippen molar-refractivity contribution in [2.45, 2.75) is 38.6 Å². The summed E-state index contributed by atoms with van der Waals surface area (Å²) in [5.74, 6) is -0.00262. The summed E-state index contributed by atoms with van der Waals surface area (Å²) in [5, 5.41) is 9.16. The molecule has 1 aromatic carbocycles. The van der Waals surface area contributed by atoms with Crippen LogP contribution in [0.15, 0.2) is 24.3 Å². The van der Waals surface area contributed by atoms with Gasteiger partial charge in [0.05, 0.1) is 11.4 Å². The number of carbonyl (C=O) groups excluding carboxylic acids is 1. The molecular formula is C19H24ClN5O. The lowest BCUT2D eigenvalue weighted by atomic mass is 10.1. The molecule has 26 heavy (non-hydrogen) atoms. The molecule has 1 saturated carbocycles. The van der Waals surface area contributed by atoms with Crippen LogP contribution in [0, 0.1) is 0 Å². The van der Waals surface area contributed by atoms with Gasteiger partial charge in [0.15, 0.2) is 5.69 Å². The maximum Gasteiger partial charge on any atom is 0.276 e. The first-order valence-corrected chi connectivity index (χ1v) is 9.79. The normalized spacial score (nSPS) is 18.3. The smallest absolute Gasteiger partial charge is 0.276 e. The zero-order chi connectivity index (χ0) is 18.1. The minimum atomic E-state index is -0.00262. The van der Waals surface area contributed by atoms with Crippen LogP contribution in [0.5, 0.6) is 0 Å². The molecule has 0 N–H and O–H groups in total. The van der Waals surface area contributed by atoms with Gasteiger partial charge in [-0.15, -0.1) is 5.10 Å². The van der Waals surface area contributed by atoms with Gasteiger partial charge < -0.3 is 4.90 Å². The first kappa shape index (κ1) is 17.5. The molecule has 2 aromatic rings. The number of carbonyl (C=O) groups is 1. The van der Waals surface area contributed by atoms with Gasteiger partial charge in [-0.1, -0.05) is 36.2 Å². The summed E-state index contributed by atoms with van der Waals surface area (Å²) in [7, 11) is 0. The Morgan fingerprint density at radius 1 is 1.23 bits per heavy atom. The number of piperazine rings is 1. The van der Waals surface area contributed by atoms with Crippen molar-refractivity contribution in [3.8, 4) is 5.69 Å². The fourth-order valence-electron chi connectivity index (χ4n) is 3.62. The van der Waals surface area contributed by atoms with Gasteiger partial charge in [-0.25, -0.2) is 4.68 Å². The molecule has 1 saturated heterocycles. The molecule has 0 unspecified atom stereocenters. The van der Waals surface area contributed by atoms with E-state index in [0.29, 0.717) is 10.7 Å². The third-order valence-corrected chi connectivity index (χ3v) is 5.41. The zero-order valence-electron chi connectivity index (χ0n) is 15.1. The van der Waals surface area contributed by atoms with Crippen molar-refractivity contribution in [3.63, 3.8) is 0 Å². The first-order chi connectivity index (χ1) is 12.7. The van der Waals surface area contributed by atoms with Crippen LogP contribution in [0.2, 0.25) is 5.02 Å². The van der Waals surface area contributed by atoms with Crippen molar-refractivity contribution in [1.29, 1.82) is 0 Å². The fraction of sp³-hybridized carbons (Fsp3) is 0.526. The van der Waals surface area contributed by atoms with Gasteiger partial charge in [0, 0.05) is 37.2 Å². The number of aromatic nitrogens is 3. The number of hydrogen-bond donors (Lipinski definition) is 0. The first-order valence-electron chi connectivity index (χ1n) is 9.41. The van der Waals surface area contributed by atoms with Gasteiger partial charge in [-0.3, -0.25) is 9.69 Å². The van der Waals surface area contributed by atoms with Crippen molar-refractivity contribution in [2.24, 2.45) is 0 Å². The number of amides is 1. The topological polar surface area (TPSA) is 54.3 Å². The van der Waals surface area contributed by atoms with E-state index in [-0.39, 0.29) is 5.91 Å². The predicted octanol–water partition coefficient (Wildman–Crippen LogP) is 2.79. The average molecular weight is 374 g/mol. The second-order valence-electron chi connectivity index (χ2n) is 7.09. The lowest BCUT2D eigenvalue weighted by molar-refractivity contribution is 0.0620. The van der Waals surface area contributed by atoms with E-state index in [2.05, 4.69) is 22.1 Å². The summed E-state index contributed by atoms with van der Waals surface area (Å²) in [4.78, 5) is 17.5. The molecule has 0 radical (unpaired) electrons. The molecule has 4 rings (SSSR count). The van der Waals surface area contributed by atoms with Gasteiger partial charge >= 0.3 is 0 Å². The summed E-state index contributed by atoms with van der Waals surface area (Å²) >= 11 is 6.12. The monoisotopic (exact) mass is 373 g/mol. The molecular weight excluding hydrogens is 350 g/mol. The lowest BCUT2D eigenvalue weighted by Gasteiger charge is -2.34. The predicted molar refractivity (Wildman–Crippen MR) is 101 cm³/mol. The van der Waals surface area contributed by atoms with E-state index in [9.17, 15) is 4.79 Å². The number of halogens is 1. The Morgan fingerprint density at radius 2 is 2.00 bits per heavy atom. The second-order valence-corrected chi connectivity index (χ2v) is 7.52. The van der Waals surface area contributed by atoms with Crippen molar-refractivity contribution in [1.82, 2.24) is 24.8 Å². The van der Waals surface area contributed by atoms with Gasteiger partial charge in [0.2, 0.25) is 0 Å². The van der Waals surface area contributed by atoms with Gasteiger partial charge in [0.25, 0.3) is 5.91 Å². The maximum atomic E-state index is 13.1. The minimum absolute atomic E-state index is 0.00262. The van der Waals surface area contributed by atoms with Crippen LogP contribution in [0.3, 0.4) is 0 Å². The number of hydrogen-bond acceptors (Lipinski definition) is 4. The maximum absolute atomic E-state index is 13.1. The number of rotatable bonds is 5. The second kappa shape index (κ2) is 7.37. The van der Waals surface area contributed by atoms with Crippen LogP contribution in [-0.4, -0.2) is 62.9 Å². The van der Waals surface area contributed by atoms with Crippen LogP contribution >= 0.6 is 11.6 Å². The van der Waals surface area contributed by atoms with Crippen LogP contribution in [-0.2, 0) is 6.42 Å². The summed E-state index contributed by atoms with van der Waals surface area (Å²) in [6.45, 7) is 5.55. The largest absolute Gasteiger partial charge is 0.335 e. The van der Waals surface area contributed by atoms with Crippen molar-refractivity contribution < 1.29 is 4.79 Å². The quantitative estimate of drug-likeness (QED) is 0.808. The van der Waals surface area contributed by atoms with Gasteiger partial charge in [0.1, 0.15) is 0 Å². The highest BCUT2D eigenvalue weighted by Gasteiger charge is 2.33. The van der Waals surface area contributed by atoms with E-state index in [1.165, 1.54) is 12.8 Å². The summed E-state index contributed by atoms with van der Waals surface area (Å²) < 4.78 is 1.75. The molecule has 1 amide bonds. The van der Waals surface area contributed by atoms with E-state index in [1.54, 1.807) is 4.68 Å². The molecule has 138 valence electrons. The van der Waals surface area contributed by atoms with Gasteiger partial charge in [-0.2, -0.15) is 0 Å². The molecule has 2 heterocycles. The molecule has 6 nitrogen and oxygen atoms in total. The Balaban J connectivity index is 1.56. The third kappa shape index (κ3) is 3.48. The molecule has 0 bridgehead atoms. The summed E-state index contributed by atoms with van der Waals surface area (Å²) in [5.41, 5.74) is 2.18. The van der Waals surface area contributed by atoms with E-state index in [4.69, 9.17) is 11.6 Å². The summed E-state index contributed by atoms with van der Waals surface area (Å²) in [6.07, 6.45) is 4.29. The highest BCUT2D eigenvalue weighted by atomic mass is 35.5. The Hall–Kier alpha value is -1.92. The molecule has 0 spiro atoms. The Kier molecular flexibility index (Phi) is 4.96. The van der Waals surface area contributed by atoms with Crippen LogP contribution < -0.4 is 0 Å². The van der Waals surface area contributed by atoms with E-state index in [1.807, 2.05) is 29.2 Å². The van der Waals surface area contributed by atoms with Gasteiger partial charge in [-0.05, 0) is 37.5 Å². The van der Waals surface area contributed by atoms with E-state index >= 15 is 0 Å². The SMILES string of the molecule is CCCc1c(C(=O)N2CCN(C3CC3)CC2)nnn1-c1cccc(Cl)c1. The minimum Gasteiger partial charge on any atom is -0.335 e.